The molecule has 1 aromatic rings. The number of hydrogen-bond acceptors (Lipinski definition) is 4. The summed E-state index contributed by atoms with van der Waals surface area (Å²) in [6.45, 7) is 0.911. The molecule has 1 aliphatic heterocycles. The molecule has 1 fully saturated rings. The number of aromatic nitrogens is 1. The van der Waals surface area contributed by atoms with Crippen molar-refractivity contribution in [2.75, 3.05) is 27.2 Å². The van der Waals surface area contributed by atoms with Crippen LogP contribution in [-0.2, 0) is 16.6 Å². The van der Waals surface area contributed by atoms with Crippen LogP contribution in [-0.4, -0.2) is 60.9 Å². The van der Waals surface area contributed by atoms with Gasteiger partial charge in [-0.1, -0.05) is 0 Å². The van der Waals surface area contributed by atoms with Crippen LogP contribution in [0.15, 0.2) is 17.2 Å². The van der Waals surface area contributed by atoms with Crippen molar-refractivity contribution in [2.24, 2.45) is 0 Å². The average Bonchev–Trinajstić information content (AvgIpc) is 2.88. The first-order chi connectivity index (χ1) is 8.95. The van der Waals surface area contributed by atoms with Crippen molar-refractivity contribution >= 4 is 10.0 Å². The summed E-state index contributed by atoms with van der Waals surface area (Å²) in [5, 5.41) is 8.98. The lowest BCUT2D eigenvalue weighted by Crippen LogP contribution is -2.44. The molecule has 1 aliphatic rings. The average molecular weight is 287 g/mol. The standard InChI is InChI=1S/C12H21N3O3S/c1-14(2)11-3-5-15(6-4-11)19(17,18)12-7-10(9-16)13-8-12/h7-8,11,13,16H,3-6,9H2,1-2H3. The topological polar surface area (TPSA) is 76.6 Å². The maximum absolute atomic E-state index is 12.4. The monoisotopic (exact) mass is 287 g/mol. The van der Waals surface area contributed by atoms with E-state index in [1.165, 1.54) is 16.6 Å². The molecule has 2 heterocycles. The van der Waals surface area contributed by atoms with Gasteiger partial charge in [0.25, 0.3) is 0 Å². The molecule has 0 saturated carbocycles. The summed E-state index contributed by atoms with van der Waals surface area (Å²) in [5.74, 6) is 0. The summed E-state index contributed by atoms with van der Waals surface area (Å²) in [6, 6.07) is 1.94. The highest BCUT2D eigenvalue weighted by atomic mass is 32.2. The zero-order valence-electron chi connectivity index (χ0n) is 11.3. The van der Waals surface area contributed by atoms with Gasteiger partial charge in [-0.05, 0) is 33.0 Å². The van der Waals surface area contributed by atoms with Crippen molar-refractivity contribution in [3.05, 3.63) is 18.0 Å². The molecule has 2 N–H and O–H groups in total. The van der Waals surface area contributed by atoms with Crippen molar-refractivity contribution in [1.29, 1.82) is 0 Å². The number of nitrogens with one attached hydrogen (secondary N) is 1. The van der Waals surface area contributed by atoms with Gasteiger partial charge in [-0.15, -0.1) is 0 Å². The van der Waals surface area contributed by atoms with Crippen LogP contribution in [0.1, 0.15) is 18.5 Å². The van der Waals surface area contributed by atoms with E-state index in [0.717, 1.165) is 12.8 Å². The molecule has 2 rings (SSSR count). The number of aliphatic hydroxyl groups excluding tert-OH is 1. The third-order valence-corrected chi connectivity index (χ3v) is 5.55. The number of sulfonamides is 1. The lowest BCUT2D eigenvalue weighted by molar-refractivity contribution is 0.196. The molecule has 6 nitrogen and oxygen atoms in total. The Morgan fingerprint density at radius 2 is 2.05 bits per heavy atom. The molecule has 0 radical (unpaired) electrons. The summed E-state index contributed by atoms with van der Waals surface area (Å²) >= 11 is 0. The van der Waals surface area contributed by atoms with E-state index in [2.05, 4.69) is 9.88 Å². The van der Waals surface area contributed by atoms with E-state index in [1.807, 2.05) is 14.1 Å². The molecule has 0 bridgehead atoms. The molecule has 108 valence electrons. The summed E-state index contributed by atoms with van der Waals surface area (Å²) in [6.07, 6.45) is 3.14. The molecular weight excluding hydrogens is 266 g/mol. The van der Waals surface area contributed by atoms with Gasteiger partial charge in [0.15, 0.2) is 0 Å². The Morgan fingerprint density at radius 3 is 2.53 bits per heavy atom. The number of aromatic amines is 1. The summed E-state index contributed by atoms with van der Waals surface area (Å²) in [7, 11) is 0.617. The van der Waals surface area contributed by atoms with Gasteiger partial charge in [-0.2, -0.15) is 4.31 Å². The Kier molecular flexibility index (Phi) is 4.29. The number of hydrogen-bond donors (Lipinski definition) is 2. The quantitative estimate of drug-likeness (QED) is 0.830. The predicted molar refractivity (Wildman–Crippen MR) is 72.2 cm³/mol. The van der Waals surface area contributed by atoms with Gasteiger partial charge in [0.1, 0.15) is 0 Å². The maximum atomic E-state index is 12.4. The summed E-state index contributed by atoms with van der Waals surface area (Å²) < 4.78 is 26.3. The lowest BCUT2D eigenvalue weighted by Gasteiger charge is -2.34. The van der Waals surface area contributed by atoms with Gasteiger partial charge in [-0.3, -0.25) is 0 Å². The van der Waals surface area contributed by atoms with E-state index in [0.29, 0.717) is 24.8 Å². The number of piperidine rings is 1. The Bertz CT molecular complexity index is 516. The Labute approximate surface area is 114 Å². The predicted octanol–water partition coefficient (Wildman–Crippen LogP) is 0.222. The molecule has 1 saturated heterocycles. The van der Waals surface area contributed by atoms with Crippen molar-refractivity contribution in [2.45, 2.75) is 30.4 Å². The van der Waals surface area contributed by atoms with Gasteiger partial charge in [-0.25, -0.2) is 8.42 Å². The van der Waals surface area contributed by atoms with Crippen molar-refractivity contribution in [3.63, 3.8) is 0 Å². The third-order valence-electron chi connectivity index (χ3n) is 3.68. The normalized spacial score (nSPS) is 19.2. The highest BCUT2D eigenvalue weighted by molar-refractivity contribution is 7.89. The first kappa shape index (κ1) is 14.5. The Balaban J connectivity index is 2.09. The minimum absolute atomic E-state index is 0.182. The smallest absolute Gasteiger partial charge is 0.244 e. The largest absolute Gasteiger partial charge is 0.390 e. The van der Waals surface area contributed by atoms with Crippen LogP contribution >= 0.6 is 0 Å². The molecule has 0 amide bonds. The molecule has 19 heavy (non-hydrogen) atoms. The van der Waals surface area contributed by atoms with Gasteiger partial charge < -0.3 is 15.0 Å². The molecule has 0 aliphatic carbocycles. The second-order valence-electron chi connectivity index (χ2n) is 5.12. The van der Waals surface area contributed by atoms with Crippen LogP contribution in [0.5, 0.6) is 0 Å². The van der Waals surface area contributed by atoms with Crippen molar-refractivity contribution < 1.29 is 13.5 Å². The zero-order chi connectivity index (χ0) is 14.0. The fourth-order valence-corrected chi connectivity index (χ4v) is 3.90. The van der Waals surface area contributed by atoms with Gasteiger partial charge in [0, 0.05) is 31.0 Å². The molecule has 0 aromatic carbocycles. The molecule has 0 unspecified atom stereocenters. The fourth-order valence-electron chi connectivity index (χ4n) is 2.41. The maximum Gasteiger partial charge on any atom is 0.244 e. The van der Waals surface area contributed by atoms with E-state index >= 15 is 0 Å². The number of nitrogens with zero attached hydrogens (tertiary/aromatic N) is 2. The Hall–Kier alpha value is -0.890. The van der Waals surface area contributed by atoms with Gasteiger partial charge in [0.2, 0.25) is 10.0 Å². The summed E-state index contributed by atoms with van der Waals surface area (Å²) in [5.41, 5.74) is 0.516. The number of rotatable bonds is 4. The number of H-pyrrole nitrogens is 1. The van der Waals surface area contributed by atoms with Gasteiger partial charge >= 0.3 is 0 Å². The van der Waals surface area contributed by atoms with E-state index in [9.17, 15) is 8.42 Å². The fraction of sp³-hybridized carbons (Fsp3) is 0.667. The van der Waals surface area contributed by atoms with Crippen LogP contribution in [0.4, 0.5) is 0 Å². The van der Waals surface area contributed by atoms with E-state index in [4.69, 9.17) is 5.11 Å². The highest BCUT2D eigenvalue weighted by Gasteiger charge is 2.30. The molecule has 1 aromatic heterocycles. The van der Waals surface area contributed by atoms with E-state index < -0.39 is 10.0 Å². The van der Waals surface area contributed by atoms with E-state index in [-0.39, 0.29) is 11.5 Å². The SMILES string of the molecule is CN(C)C1CCN(S(=O)(=O)c2c[nH]c(CO)c2)CC1. The molecule has 7 heteroatoms. The molecule has 0 atom stereocenters. The first-order valence-corrected chi connectivity index (χ1v) is 7.84. The van der Waals surface area contributed by atoms with Crippen LogP contribution in [0.2, 0.25) is 0 Å². The lowest BCUT2D eigenvalue weighted by atomic mass is 10.1. The second-order valence-corrected chi connectivity index (χ2v) is 7.06. The van der Waals surface area contributed by atoms with Crippen LogP contribution < -0.4 is 0 Å². The van der Waals surface area contributed by atoms with Crippen molar-refractivity contribution in [3.8, 4) is 0 Å². The summed E-state index contributed by atoms with van der Waals surface area (Å²) in [4.78, 5) is 5.14. The van der Waals surface area contributed by atoms with Crippen molar-refractivity contribution in [1.82, 2.24) is 14.2 Å². The third kappa shape index (κ3) is 3.00. The van der Waals surface area contributed by atoms with Crippen LogP contribution in [0, 0.1) is 0 Å². The van der Waals surface area contributed by atoms with Gasteiger partial charge in [0.05, 0.1) is 11.5 Å². The second kappa shape index (κ2) is 5.62. The molecular formula is C12H21N3O3S. The minimum Gasteiger partial charge on any atom is -0.390 e. The highest BCUT2D eigenvalue weighted by Crippen LogP contribution is 2.22. The van der Waals surface area contributed by atoms with Crippen LogP contribution in [0.3, 0.4) is 0 Å². The first-order valence-electron chi connectivity index (χ1n) is 6.40. The zero-order valence-corrected chi connectivity index (χ0v) is 12.2. The van der Waals surface area contributed by atoms with E-state index in [1.54, 1.807) is 0 Å². The number of aliphatic hydroxyl groups is 1. The Morgan fingerprint density at radius 1 is 1.42 bits per heavy atom. The minimum atomic E-state index is -3.43. The van der Waals surface area contributed by atoms with Crippen LogP contribution in [0.25, 0.3) is 0 Å². The molecule has 0 spiro atoms.